The fraction of sp³-hybridized carbons (Fsp3) is 0.650. The van der Waals surface area contributed by atoms with Crippen LogP contribution in [0.2, 0.25) is 5.02 Å². The normalized spacial score (nSPS) is 15.9. The maximum atomic E-state index is 12.6. The van der Waals surface area contributed by atoms with Gasteiger partial charge in [0.2, 0.25) is 0 Å². The number of halogens is 4. The molecular formula is C20H32ClF2IN4O2. The number of aliphatic imine (C=N–C) groups is 1. The van der Waals surface area contributed by atoms with E-state index in [1.54, 1.807) is 13.1 Å². The van der Waals surface area contributed by atoms with E-state index in [1.165, 1.54) is 12.1 Å². The maximum Gasteiger partial charge on any atom is 0.387 e. The van der Waals surface area contributed by atoms with Crippen LogP contribution in [0.15, 0.2) is 23.2 Å². The molecule has 0 unspecified atom stereocenters. The SMILES string of the molecule is CN=C(NCc1cc(Cl)ccc1OC(F)F)NC1CCN(CCOC(C)C)CC1.I. The van der Waals surface area contributed by atoms with E-state index in [9.17, 15) is 8.78 Å². The molecule has 172 valence electrons. The van der Waals surface area contributed by atoms with E-state index in [0.717, 1.165) is 39.1 Å². The topological polar surface area (TPSA) is 58.1 Å². The van der Waals surface area contributed by atoms with E-state index in [4.69, 9.17) is 16.3 Å². The first-order valence-corrected chi connectivity index (χ1v) is 10.3. The van der Waals surface area contributed by atoms with Crippen LogP contribution in [0.25, 0.3) is 0 Å². The molecule has 2 N–H and O–H groups in total. The third kappa shape index (κ3) is 9.93. The lowest BCUT2D eigenvalue weighted by molar-refractivity contribution is -0.0504. The number of alkyl halides is 2. The van der Waals surface area contributed by atoms with Crippen molar-refractivity contribution in [2.75, 3.05) is 33.3 Å². The summed E-state index contributed by atoms with van der Waals surface area (Å²) in [6, 6.07) is 4.88. The molecular weight excluding hydrogens is 529 g/mol. The minimum atomic E-state index is -2.89. The van der Waals surface area contributed by atoms with Crippen LogP contribution in [0.3, 0.4) is 0 Å². The third-order valence-corrected chi connectivity index (χ3v) is 4.93. The molecule has 0 spiro atoms. The highest BCUT2D eigenvalue weighted by molar-refractivity contribution is 14.0. The van der Waals surface area contributed by atoms with Crippen molar-refractivity contribution in [2.45, 2.75) is 52.0 Å². The molecule has 1 aromatic rings. The molecule has 10 heteroatoms. The third-order valence-electron chi connectivity index (χ3n) is 4.70. The summed E-state index contributed by atoms with van der Waals surface area (Å²) in [4.78, 5) is 6.64. The maximum absolute atomic E-state index is 12.6. The van der Waals surface area contributed by atoms with E-state index in [1.807, 2.05) is 13.8 Å². The Morgan fingerprint density at radius 2 is 2.00 bits per heavy atom. The van der Waals surface area contributed by atoms with Gasteiger partial charge in [0.15, 0.2) is 5.96 Å². The lowest BCUT2D eigenvalue weighted by Gasteiger charge is -2.33. The van der Waals surface area contributed by atoms with Crippen LogP contribution in [0.5, 0.6) is 5.75 Å². The Hall–Kier alpha value is -0.910. The lowest BCUT2D eigenvalue weighted by Crippen LogP contribution is -2.49. The number of nitrogens with zero attached hydrogens (tertiary/aromatic N) is 2. The van der Waals surface area contributed by atoms with Gasteiger partial charge >= 0.3 is 6.61 Å². The number of hydrogen-bond donors (Lipinski definition) is 2. The van der Waals surface area contributed by atoms with E-state index in [0.29, 0.717) is 22.6 Å². The van der Waals surface area contributed by atoms with E-state index < -0.39 is 6.61 Å². The van der Waals surface area contributed by atoms with Gasteiger partial charge in [-0.15, -0.1) is 24.0 Å². The number of ether oxygens (including phenoxy) is 2. The smallest absolute Gasteiger partial charge is 0.387 e. The molecule has 2 rings (SSSR count). The molecule has 1 aromatic carbocycles. The summed E-state index contributed by atoms with van der Waals surface area (Å²) in [5.41, 5.74) is 0.542. The highest BCUT2D eigenvalue weighted by atomic mass is 127. The van der Waals surface area contributed by atoms with Crippen LogP contribution in [0.4, 0.5) is 8.78 Å². The van der Waals surface area contributed by atoms with Gasteiger partial charge in [-0.05, 0) is 44.9 Å². The molecule has 0 aromatic heterocycles. The molecule has 30 heavy (non-hydrogen) atoms. The monoisotopic (exact) mass is 560 g/mol. The van der Waals surface area contributed by atoms with Crippen LogP contribution in [-0.2, 0) is 11.3 Å². The molecule has 6 nitrogen and oxygen atoms in total. The molecule has 1 heterocycles. The van der Waals surface area contributed by atoms with Gasteiger partial charge in [0.05, 0.1) is 12.7 Å². The van der Waals surface area contributed by atoms with Gasteiger partial charge in [0.1, 0.15) is 5.75 Å². The molecule has 1 aliphatic heterocycles. The van der Waals surface area contributed by atoms with E-state index in [-0.39, 0.29) is 42.4 Å². The second-order valence-electron chi connectivity index (χ2n) is 7.24. The molecule has 1 saturated heterocycles. The predicted molar refractivity (Wildman–Crippen MR) is 127 cm³/mol. The zero-order chi connectivity index (χ0) is 21.2. The second-order valence-corrected chi connectivity index (χ2v) is 7.67. The summed E-state index contributed by atoms with van der Waals surface area (Å²) < 4.78 is 35.4. The summed E-state index contributed by atoms with van der Waals surface area (Å²) in [7, 11) is 1.68. The Morgan fingerprint density at radius 3 is 2.60 bits per heavy atom. The Bertz CT molecular complexity index is 660. The average molecular weight is 561 g/mol. The summed E-state index contributed by atoms with van der Waals surface area (Å²) in [6.45, 7) is 5.16. The molecule has 0 amide bonds. The van der Waals surface area contributed by atoms with Crippen molar-refractivity contribution in [3.05, 3.63) is 28.8 Å². The number of benzene rings is 1. The van der Waals surface area contributed by atoms with Crippen molar-refractivity contribution in [3.63, 3.8) is 0 Å². The number of likely N-dealkylation sites (tertiary alicyclic amines) is 1. The summed E-state index contributed by atoms with van der Waals surface area (Å²) in [6.07, 6.45) is 2.26. The molecule has 0 radical (unpaired) electrons. The molecule has 0 atom stereocenters. The predicted octanol–water partition coefficient (Wildman–Crippen LogP) is 4.11. The number of nitrogens with one attached hydrogen (secondary N) is 2. The standard InChI is InChI=1S/C20H31ClF2N4O2.HI/c1-14(2)28-11-10-27-8-6-17(7-9-27)26-20(24-3)25-13-15-12-16(21)4-5-18(15)29-19(22)23;/h4-5,12,14,17,19H,6-11,13H2,1-3H3,(H2,24,25,26);1H. The summed E-state index contributed by atoms with van der Waals surface area (Å²) in [5.74, 6) is 0.721. The van der Waals surface area contributed by atoms with Crippen molar-refractivity contribution in [3.8, 4) is 5.75 Å². The molecule has 0 bridgehead atoms. The van der Waals surface area contributed by atoms with Crippen molar-refractivity contribution in [1.29, 1.82) is 0 Å². The quantitative estimate of drug-likeness (QED) is 0.271. The average Bonchev–Trinajstić information content (AvgIpc) is 2.67. The highest BCUT2D eigenvalue weighted by Crippen LogP contribution is 2.24. The summed E-state index contributed by atoms with van der Waals surface area (Å²) >= 11 is 5.99. The Morgan fingerprint density at radius 1 is 1.30 bits per heavy atom. The first kappa shape index (κ1) is 27.1. The van der Waals surface area contributed by atoms with E-state index in [2.05, 4.69) is 25.3 Å². The fourth-order valence-corrected chi connectivity index (χ4v) is 3.38. The Labute approximate surface area is 199 Å². The number of piperidine rings is 1. The van der Waals surface area contributed by atoms with Gasteiger partial charge in [-0.25, -0.2) is 0 Å². The van der Waals surface area contributed by atoms with Crippen LogP contribution in [0.1, 0.15) is 32.3 Å². The molecule has 1 aliphatic rings. The molecule has 0 saturated carbocycles. The zero-order valence-corrected chi connectivity index (χ0v) is 20.8. The van der Waals surface area contributed by atoms with Gasteiger partial charge in [-0.2, -0.15) is 8.78 Å². The van der Waals surface area contributed by atoms with Gasteiger partial charge in [0.25, 0.3) is 0 Å². The van der Waals surface area contributed by atoms with Gasteiger partial charge in [0, 0.05) is 49.9 Å². The number of guanidine groups is 1. The van der Waals surface area contributed by atoms with Crippen molar-refractivity contribution < 1.29 is 18.3 Å². The van der Waals surface area contributed by atoms with E-state index >= 15 is 0 Å². The van der Waals surface area contributed by atoms with Crippen LogP contribution < -0.4 is 15.4 Å². The molecule has 1 fully saturated rings. The fourth-order valence-electron chi connectivity index (χ4n) is 3.18. The van der Waals surface area contributed by atoms with Crippen molar-refractivity contribution >= 4 is 41.5 Å². The van der Waals surface area contributed by atoms with Crippen LogP contribution in [-0.4, -0.2) is 62.9 Å². The van der Waals surface area contributed by atoms with Crippen LogP contribution in [0, 0.1) is 0 Å². The van der Waals surface area contributed by atoms with Gasteiger partial charge in [-0.1, -0.05) is 11.6 Å². The number of rotatable bonds is 9. The first-order chi connectivity index (χ1) is 13.9. The second kappa shape index (κ2) is 14.2. The van der Waals surface area contributed by atoms with Gasteiger partial charge in [-0.3, -0.25) is 4.99 Å². The van der Waals surface area contributed by atoms with Crippen molar-refractivity contribution in [1.82, 2.24) is 15.5 Å². The lowest BCUT2D eigenvalue weighted by atomic mass is 10.1. The first-order valence-electron chi connectivity index (χ1n) is 9.91. The highest BCUT2D eigenvalue weighted by Gasteiger charge is 2.20. The van der Waals surface area contributed by atoms with Gasteiger partial charge < -0.3 is 25.0 Å². The Kier molecular flexibility index (Phi) is 12.8. The molecule has 0 aliphatic carbocycles. The minimum absolute atomic E-state index is 0. The minimum Gasteiger partial charge on any atom is -0.434 e. The Balaban J connectivity index is 0.00000450. The zero-order valence-electron chi connectivity index (χ0n) is 17.7. The largest absolute Gasteiger partial charge is 0.434 e. The summed E-state index contributed by atoms with van der Waals surface area (Å²) in [5, 5.41) is 7.02. The van der Waals surface area contributed by atoms with Crippen LogP contribution >= 0.6 is 35.6 Å². The van der Waals surface area contributed by atoms with Crippen molar-refractivity contribution in [2.24, 2.45) is 4.99 Å². The number of hydrogen-bond acceptors (Lipinski definition) is 4.